The molecule has 0 aliphatic heterocycles. The van der Waals surface area contributed by atoms with E-state index in [1.807, 2.05) is 0 Å². The Bertz CT molecular complexity index is 352. The zero-order chi connectivity index (χ0) is 9.68. The first-order valence-electron chi connectivity index (χ1n) is 3.81. The summed E-state index contributed by atoms with van der Waals surface area (Å²) >= 11 is 1.52. The van der Waals surface area contributed by atoms with E-state index in [4.69, 9.17) is 5.73 Å². The highest BCUT2D eigenvalue weighted by Crippen LogP contribution is 2.24. The summed E-state index contributed by atoms with van der Waals surface area (Å²) < 4.78 is 12.6. The zero-order valence-corrected chi connectivity index (χ0v) is 8.12. The molecule has 0 saturated carbocycles. The van der Waals surface area contributed by atoms with E-state index >= 15 is 0 Å². The van der Waals surface area contributed by atoms with E-state index in [1.54, 1.807) is 13.0 Å². The number of benzene rings is 1. The van der Waals surface area contributed by atoms with Crippen LogP contribution in [0.15, 0.2) is 23.1 Å². The lowest BCUT2D eigenvalue weighted by molar-refractivity contribution is 0.627. The molecule has 0 saturated heterocycles. The van der Waals surface area contributed by atoms with Crippen LogP contribution in [0.4, 0.5) is 10.1 Å². The second kappa shape index (κ2) is 4.78. The number of anilines is 1. The molecule has 0 atom stereocenters. The number of rotatable bonds is 2. The third-order valence-corrected chi connectivity index (χ3v) is 2.42. The van der Waals surface area contributed by atoms with Crippen molar-refractivity contribution in [3.05, 3.63) is 24.0 Å². The Morgan fingerprint density at radius 2 is 2.31 bits per heavy atom. The van der Waals surface area contributed by atoms with E-state index < -0.39 is 0 Å². The molecule has 0 aliphatic rings. The minimum absolute atomic E-state index is 0.302. The van der Waals surface area contributed by atoms with Crippen LogP contribution in [0.1, 0.15) is 6.92 Å². The summed E-state index contributed by atoms with van der Waals surface area (Å²) in [5.74, 6) is 6.07. The fraction of sp³-hybridized carbons (Fsp3) is 0.200. The van der Waals surface area contributed by atoms with E-state index in [0.29, 0.717) is 11.4 Å². The third kappa shape index (κ3) is 3.00. The highest BCUT2D eigenvalue weighted by Gasteiger charge is 1.99. The summed E-state index contributed by atoms with van der Waals surface area (Å²) in [7, 11) is 0. The smallest absolute Gasteiger partial charge is 0.125 e. The van der Waals surface area contributed by atoms with Gasteiger partial charge in [0.1, 0.15) is 5.82 Å². The molecule has 0 bridgehead atoms. The number of halogens is 1. The summed E-state index contributed by atoms with van der Waals surface area (Å²) in [6.07, 6.45) is 0. The molecule has 0 radical (unpaired) electrons. The van der Waals surface area contributed by atoms with Crippen LogP contribution in [0.2, 0.25) is 0 Å². The van der Waals surface area contributed by atoms with Crippen LogP contribution >= 0.6 is 11.8 Å². The predicted octanol–water partition coefficient (Wildman–Crippen LogP) is 2.52. The van der Waals surface area contributed by atoms with Crippen LogP contribution < -0.4 is 5.73 Å². The molecular weight excluding hydrogens is 185 g/mol. The molecule has 0 aliphatic carbocycles. The Kier molecular flexibility index (Phi) is 3.66. The van der Waals surface area contributed by atoms with Crippen molar-refractivity contribution < 1.29 is 4.39 Å². The summed E-state index contributed by atoms with van der Waals surface area (Å²) in [5.41, 5.74) is 6.07. The van der Waals surface area contributed by atoms with E-state index in [1.165, 1.54) is 23.9 Å². The van der Waals surface area contributed by atoms with E-state index in [9.17, 15) is 4.39 Å². The highest BCUT2D eigenvalue weighted by atomic mass is 32.2. The van der Waals surface area contributed by atoms with Crippen LogP contribution in [-0.4, -0.2) is 5.75 Å². The van der Waals surface area contributed by atoms with Crippen molar-refractivity contribution in [1.29, 1.82) is 0 Å². The van der Waals surface area contributed by atoms with Crippen molar-refractivity contribution >= 4 is 17.4 Å². The first-order chi connectivity index (χ1) is 6.24. The molecule has 0 spiro atoms. The van der Waals surface area contributed by atoms with Crippen molar-refractivity contribution in [3.63, 3.8) is 0 Å². The molecule has 0 aromatic heterocycles. The number of hydrogen-bond donors (Lipinski definition) is 1. The van der Waals surface area contributed by atoms with Crippen LogP contribution in [0, 0.1) is 17.7 Å². The quantitative estimate of drug-likeness (QED) is 0.446. The summed E-state index contributed by atoms with van der Waals surface area (Å²) in [6, 6.07) is 4.40. The van der Waals surface area contributed by atoms with Crippen LogP contribution in [-0.2, 0) is 0 Å². The van der Waals surface area contributed by atoms with E-state index in [-0.39, 0.29) is 5.82 Å². The zero-order valence-electron chi connectivity index (χ0n) is 7.30. The molecule has 1 aromatic carbocycles. The van der Waals surface area contributed by atoms with Gasteiger partial charge in [-0.15, -0.1) is 17.7 Å². The van der Waals surface area contributed by atoms with Gasteiger partial charge >= 0.3 is 0 Å². The fourth-order valence-corrected chi connectivity index (χ4v) is 1.60. The van der Waals surface area contributed by atoms with Gasteiger partial charge in [-0.25, -0.2) is 4.39 Å². The molecule has 1 aromatic rings. The van der Waals surface area contributed by atoms with Gasteiger partial charge in [-0.2, -0.15) is 0 Å². The highest BCUT2D eigenvalue weighted by molar-refractivity contribution is 7.99. The minimum Gasteiger partial charge on any atom is -0.398 e. The first kappa shape index (κ1) is 9.94. The van der Waals surface area contributed by atoms with Gasteiger partial charge in [-0.1, -0.05) is 5.92 Å². The SMILES string of the molecule is CC#CCSc1ccc(F)cc1N. The molecule has 68 valence electrons. The lowest BCUT2D eigenvalue weighted by Gasteiger charge is -2.01. The molecule has 0 amide bonds. The monoisotopic (exact) mass is 195 g/mol. The van der Waals surface area contributed by atoms with Gasteiger partial charge < -0.3 is 5.73 Å². The van der Waals surface area contributed by atoms with Gasteiger partial charge in [0.15, 0.2) is 0 Å². The van der Waals surface area contributed by atoms with Crippen LogP contribution in [0.5, 0.6) is 0 Å². The normalized spacial score (nSPS) is 9.08. The van der Waals surface area contributed by atoms with E-state index in [2.05, 4.69) is 11.8 Å². The van der Waals surface area contributed by atoms with Gasteiger partial charge in [-0.3, -0.25) is 0 Å². The number of thioether (sulfide) groups is 1. The molecule has 0 unspecified atom stereocenters. The standard InChI is InChI=1S/C10H10FNS/c1-2-3-6-13-10-5-4-8(11)7-9(10)12/h4-5,7H,6,12H2,1H3. The van der Waals surface area contributed by atoms with Crippen LogP contribution in [0.25, 0.3) is 0 Å². The average Bonchev–Trinajstić information content (AvgIpc) is 2.09. The second-order valence-electron chi connectivity index (χ2n) is 2.40. The molecule has 0 heterocycles. The lowest BCUT2D eigenvalue weighted by atomic mass is 10.3. The Hall–Kier alpha value is -1.14. The minimum atomic E-state index is -0.302. The second-order valence-corrected chi connectivity index (χ2v) is 3.41. The predicted molar refractivity (Wildman–Crippen MR) is 55.0 cm³/mol. The fourth-order valence-electron chi connectivity index (χ4n) is 0.837. The third-order valence-electron chi connectivity index (χ3n) is 1.45. The summed E-state index contributed by atoms with van der Waals surface area (Å²) in [6.45, 7) is 1.79. The van der Waals surface area contributed by atoms with Gasteiger partial charge in [0.25, 0.3) is 0 Å². The lowest BCUT2D eigenvalue weighted by Crippen LogP contribution is -1.89. The maximum absolute atomic E-state index is 12.6. The average molecular weight is 195 g/mol. The summed E-state index contributed by atoms with van der Waals surface area (Å²) in [5, 5.41) is 0. The maximum atomic E-state index is 12.6. The Balaban J connectivity index is 2.70. The summed E-state index contributed by atoms with van der Waals surface area (Å²) in [4.78, 5) is 0.879. The Morgan fingerprint density at radius 3 is 2.92 bits per heavy atom. The largest absolute Gasteiger partial charge is 0.398 e. The van der Waals surface area contributed by atoms with Gasteiger partial charge in [0.05, 0.1) is 5.75 Å². The van der Waals surface area contributed by atoms with E-state index in [0.717, 1.165) is 4.90 Å². The molecule has 3 heteroatoms. The van der Waals surface area contributed by atoms with Gasteiger partial charge in [0, 0.05) is 10.6 Å². The topological polar surface area (TPSA) is 26.0 Å². The van der Waals surface area contributed by atoms with Gasteiger partial charge in [-0.05, 0) is 25.1 Å². The van der Waals surface area contributed by atoms with Crippen molar-refractivity contribution in [2.24, 2.45) is 0 Å². The molecule has 1 rings (SSSR count). The van der Waals surface area contributed by atoms with Crippen molar-refractivity contribution in [1.82, 2.24) is 0 Å². The number of hydrogen-bond acceptors (Lipinski definition) is 2. The molecule has 13 heavy (non-hydrogen) atoms. The van der Waals surface area contributed by atoms with Crippen molar-refractivity contribution in [2.45, 2.75) is 11.8 Å². The molecule has 1 nitrogen and oxygen atoms in total. The number of nitrogens with two attached hydrogens (primary N) is 1. The maximum Gasteiger partial charge on any atom is 0.125 e. The van der Waals surface area contributed by atoms with Crippen LogP contribution in [0.3, 0.4) is 0 Å². The van der Waals surface area contributed by atoms with Crippen molar-refractivity contribution in [3.8, 4) is 11.8 Å². The first-order valence-corrected chi connectivity index (χ1v) is 4.80. The Labute approximate surface area is 81.5 Å². The number of nitrogen functional groups attached to an aromatic ring is 1. The molecule has 2 N–H and O–H groups in total. The molecule has 0 fully saturated rings. The van der Waals surface area contributed by atoms with Gasteiger partial charge in [0.2, 0.25) is 0 Å². The Morgan fingerprint density at radius 1 is 1.54 bits per heavy atom. The van der Waals surface area contributed by atoms with Crippen molar-refractivity contribution in [2.75, 3.05) is 11.5 Å². The molecular formula is C10H10FNS.